The molecule has 0 fully saturated rings. The number of hydrogen-bond donors (Lipinski definition) is 2. The number of hydrogen-bond acceptors (Lipinski definition) is 3. The van der Waals surface area contributed by atoms with E-state index in [9.17, 15) is 9.59 Å². The van der Waals surface area contributed by atoms with Gasteiger partial charge in [-0.1, -0.05) is 13.3 Å². The summed E-state index contributed by atoms with van der Waals surface area (Å²) < 4.78 is 0. The maximum atomic E-state index is 12.2. The van der Waals surface area contributed by atoms with Crippen LogP contribution >= 0.6 is 0 Å². The molecule has 2 N–H and O–H groups in total. The van der Waals surface area contributed by atoms with Crippen LogP contribution in [0.2, 0.25) is 0 Å². The quantitative estimate of drug-likeness (QED) is 0.673. The molecule has 0 radical (unpaired) electrons. The number of rotatable bonds is 9. The third-order valence-electron chi connectivity index (χ3n) is 3.35. The summed E-state index contributed by atoms with van der Waals surface area (Å²) in [5, 5.41) is 11.6. The van der Waals surface area contributed by atoms with Crippen molar-refractivity contribution in [3.05, 3.63) is 0 Å². The molecule has 0 aliphatic heterocycles. The predicted octanol–water partition coefficient (Wildman–Crippen LogP) is 1.47. The van der Waals surface area contributed by atoms with E-state index in [0.29, 0.717) is 13.1 Å². The molecule has 0 saturated heterocycles. The Hall–Kier alpha value is -1.30. The zero-order chi connectivity index (χ0) is 15.7. The molecule has 0 aromatic rings. The molecule has 6 heteroatoms. The molecule has 118 valence electrons. The Labute approximate surface area is 122 Å². The predicted molar refractivity (Wildman–Crippen MR) is 79.8 cm³/mol. The molecule has 2 unspecified atom stereocenters. The molecular formula is C14H29N3O3. The van der Waals surface area contributed by atoms with Crippen LogP contribution in [0.3, 0.4) is 0 Å². The van der Waals surface area contributed by atoms with Gasteiger partial charge in [0.25, 0.3) is 0 Å². The van der Waals surface area contributed by atoms with Crippen LogP contribution in [0.4, 0.5) is 4.79 Å². The summed E-state index contributed by atoms with van der Waals surface area (Å²) in [6.45, 7) is 7.74. The molecule has 0 aliphatic carbocycles. The highest BCUT2D eigenvalue weighted by atomic mass is 16.4. The fraction of sp³-hybridized carbons (Fsp3) is 0.857. The second kappa shape index (κ2) is 9.58. The molecule has 2 amide bonds. The highest BCUT2D eigenvalue weighted by molar-refractivity contribution is 5.74. The van der Waals surface area contributed by atoms with Crippen LogP contribution in [0.5, 0.6) is 0 Å². The first-order chi connectivity index (χ1) is 9.31. The number of amides is 2. The Balaban J connectivity index is 4.37. The molecule has 0 aromatic heterocycles. The van der Waals surface area contributed by atoms with Crippen LogP contribution in [-0.4, -0.2) is 66.7 Å². The van der Waals surface area contributed by atoms with Gasteiger partial charge < -0.3 is 20.2 Å². The minimum Gasteiger partial charge on any atom is -0.481 e. The average molecular weight is 287 g/mol. The number of likely N-dealkylation sites (N-methyl/N-ethyl adjacent to an activating group) is 2. The van der Waals surface area contributed by atoms with Gasteiger partial charge in [-0.15, -0.1) is 0 Å². The van der Waals surface area contributed by atoms with Crippen molar-refractivity contribution >= 4 is 12.0 Å². The molecule has 2 atom stereocenters. The highest BCUT2D eigenvalue weighted by Gasteiger charge is 2.20. The van der Waals surface area contributed by atoms with Crippen molar-refractivity contribution in [1.29, 1.82) is 0 Å². The minimum atomic E-state index is -0.820. The van der Waals surface area contributed by atoms with E-state index in [1.165, 1.54) is 0 Å². The van der Waals surface area contributed by atoms with Gasteiger partial charge in [0, 0.05) is 32.1 Å². The van der Waals surface area contributed by atoms with Crippen LogP contribution < -0.4 is 5.32 Å². The second-order valence-electron chi connectivity index (χ2n) is 5.46. The lowest BCUT2D eigenvalue weighted by Gasteiger charge is -2.30. The van der Waals surface area contributed by atoms with E-state index in [2.05, 4.69) is 5.32 Å². The number of carboxylic acids is 1. The van der Waals surface area contributed by atoms with Crippen molar-refractivity contribution in [3.8, 4) is 0 Å². The van der Waals surface area contributed by atoms with Crippen LogP contribution in [0.15, 0.2) is 0 Å². The van der Waals surface area contributed by atoms with Crippen molar-refractivity contribution < 1.29 is 14.7 Å². The van der Waals surface area contributed by atoms with Crippen LogP contribution in [0.25, 0.3) is 0 Å². The molecule has 0 heterocycles. The molecule has 0 spiro atoms. The van der Waals surface area contributed by atoms with Crippen LogP contribution in [0.1, 0.15) is 33.6 Å². The zero-order valence-corrected chi connectivity index (χ0v) is 13.3. The van der Waals surface area contributed by atoms with Crippen molar-refractivity contribution in [2.45, 2.75) is 39.7 Å². The third kappa shape index (κ3) is 7.33. The maximum Gasteiger partial charge on any atom is 0.317 e. The van der Waals surface area contributed by atoms with E-state index < -0.39 is 5.97 Å². The van der Waals surface area contributed by atoms with Gasteiger partial charge in [-0.2, -0.15) is 0 Å². The van der Waals surface area contributed by atoms with E-state index in [1.807, 2.05) is 39.8 Å². The minimum absolute atomic E-state index is 0.0145. The summed E-state index contributed by atoms with van der Waals surface area (Å²) in [4.78, 5) is 26.7. The monoisotopic (exact) mass is 287 g/mol. The standard InChI is InChI=1S/C14H29N3O3/c1-6-12(8-13(18)19)9-15-14(20)17(7-2)11(3)10-16(4)5/h11-12H,6-10H2,1-5H3,(H,15,20)(H,18,19). The number of nitrogens with one attached hydrogen (secondary N) is 1. The first-order valence-corrected chi connectivity index (χ1v) is 7.22. The fourth-order valence-electron chi connectivity index (χ4n) is 2.22. The van der Waals surface area contributed by atoms with Crippen molar-refractivity contribution in [1.82, 2.24) is 15.1 Å². The first-order valence-electron chi connectivity index (χ1n) is 7.22. The fourth-order valence-corrected chi connectivity index (χ4v) is 2.22. The van der Waals surface area contributed by atoms with Gasteiger partial charge in [-0.25, -0.2) is 4.79 Å². The van der Waals surface area contributed by atoms with Gasteiger partial charge in [0.1, 0.15) is 0 Å². The van der Waals surface area contributed by atoms with Crippen molar-refractivity contribution in [2.24, 2.45) is 5.92 Å². The van der Waals surface area contributed by atoms with Gasteiger partial charge >= 0.3 is 12.0 Å². The molecule has 0 saturated carbocycles. The topological polar surface area (TPSA) is 72.9 Å². The van der Waals surface area contributed by atoms with Gasteiger partial charge in [-0.3, -0.25) is 4.79 Å². The number of urea groups is 1. The van der Waals surface area contributed by atoms with Crippen molar-refractivity contribution in [2.75, 3.05) is 33.7 Å². The Morgan fingerprint density at radius 3 is 2.25 bits per heavy atom. The SMILES string of the molecule is CCC(CNC(=O)N(CC)C(C)CN(C)C)CC(=O)O. The highest BCUT2D eigenvalue weighted by Crippen LogP contribution is 2.07. The maximum absolute atomic E-state index is 12.2. The Morgan fingerprint density at radius 2 is 1.85 bits per heavy atom. The number of carbonyl (C=O) groups is 2. The second-order valence-corrected chi connectivity index (χ2v) is 5.46. The van der Waals surface area contributed by atoms with E-state index in [4.69, 9.17) is 5.11 Å². The number of aliphatic carboxylic acids is 1. The molecule has 0 rings (SSSR count). The molecule has 20 heavy (non-hydrogen) atoms. The summed E-state index contributed by atoms with van der Waals surface area (Å²) in [5.41, 5.74) is 0. The van der Waals surface area contributed by atoms with Gasteiger partial charge in [0.15, 0.2) is 0 Å². The van der Waals surface area contributed by atoms with E-state index in [-0.39, 0.29) is 24.4 Å². The van der Waals surface area contributed by atoms with E-state index >= 15 is 0 Å². The smallest absolute Gasteiger partial charge is 0.317 e. The van der Waals surface area contributed by atoms with Gasteiger partial charge in [0.2, 0.25) is 0 Å². The Morgan fingerprint density at radius 1 is 1.25 bits per heavy atom. The lowest BCUT2D eigenvalue weighted by Crippen LogP contribution is -2.49. The van der Waals surface area contributed by atoms with Crippen molar-refractivity contribution in [3.63, 3.8) is 0 Å². The Kier molecular flexibility index (Phi) is 8.96. The number of carbonyl (C=O) groups excluding carboxylic acids is 1. The molecule has 0 aromatic carbocycles. The summed E-state index contributed by atoms with van der Waals surface area (Å²) in [7, 11) is 3.95. The van der Waals surface area contributed by atoms with Crippen LogP contribution in [-0.2, 0) is 4.79 Å². The molecule has 6 nitrogen and oxygen atoms in total. The molecule has 0 aliphatic rings. The zero-order valence-electron chi connectivity index (χ0n) is 13.3. The third-order valence-corrected chi connectivity index (χ3v) is 3.35. The average Bonchev–Trinajstić information content (AvgIpc) is 2.33. The number of nitrogens with zero attached hydrogens (tertiary/aromatic N) is 2. The van der Waals surface area contributed by atoms with Gasteiger partial charge in [-0.05, 0) is 33.9 Å². The lowest BCUT2D eigenvalue weighted by molar-refractivity contribution is -0.138. The number of carboxylic acid groups (broad SMARTS) is 1. The van der Waals surface area contributed by atoms with E-state index in [1.54, 1.807) is 4.90 Å². The molecule has 0 bridgehead atoms. The van der Waals surface area contributed by atoms with Crippen LogP contribution in [0, 0.1) is 5.92 Å². The summed E-state index contributed by atoms with van der Waals surface area (Å²) in [6.07, 6.45) is 0.835. The van der Waals surface area contributed by atoms with E-state index in [0.717, 1.165) is 13.0 Å². The summed E-state index contributed by atoms with van der Waals surface area (Å²) >= 11 is 0. The largest absolute Gasteiger partial charge is 0.481 e. The van der Waals surface area contributed by atoms with Gasteiger partial charge in [0.05, 0.1) is 0 Å². The molecular weight excluding hydrogens is 258 g/mol. The first kappa shape index (κ1) is 18.7. The summed E-state index contributed by atoms with van der Waals surface area (Å²) in [6, 6.07) is 0.000221. The summed E-state index contributed by atoms with van der Waals surface area (Å²) in [5.74, 6) is -0.835. The Bertz CT molecular complexity index is 308. The normalized spacial score (nSPS) is 13.9. The lowest BCUT2D eigenvalue weighted by atomic mass is 10.0.